The first-order valence-corrected chi connectivity index (χ1v) is 16.3. The molecule has 7 nitrogen and oxygen atoms in total. The predicted octanol–water partition coefficient (Wildman–Crippen LogP) is 6.86. The molecule has 0 saturated heterocycles. The van der Waals surface area contributed by atoms with E-state index < -0.39 is 69.2 Å². The van der Waals surface area contributed by atoms with Crippen LogP contribution >= 0.6 is 11.6 Å². The van der Waals surface area contributed by atoms with E-state index in [1.807, 2.05) is 0 Å². The van der Waals surface area contributed by atoms with E-state index in [1.54, 1.807) is 56.3 Å². The van der Waals surface area contributed by atoms with E-state index in [0.29, 0.717) is 15.9 Å². The second kappa shape index (κ2) is 15.0. The maximum Gasteiger partial charge on any atom is 0.417 e. The highest BCUT2D eigenvalue weighted by atomic mass is 35.5. The summed E-state index contributed by atoms with van der Waals surface area (Å²) in [6, 6.07) is 22.1. The van der Waals surface area contributed by atoms with Crippen LogP contribution in [0.2, 0.25) is 5.02 Å². The first-order valence-electron chi connectivity index (χ1n) is 14.5. The van der Waals surface area contributed by atoms with Crippen molar-refractivity contribution in [1.29, 1.82) is 0 Å². The van der Waals surface area contributed by atoms with Crippen molar-refractivity contribution in [2.75, 3.05) is 10.8 Å². The molecular weight excluding hydrogens is 658 g/mol. The summed E-state index contributed by atoms with van der Waals surface area (Å²) in [7, 11) is -4.66. The van der Waals surface area contributed by atoms with Crippen LogP contribution in [0.15, 0.2) is 108 Å². The third kappa shape index (κ3) is 8.89. The van der Waals surface area contributed by atoms with Gasteiger partial charge in [-0.3, -0.25) is 13.9 Å². The molecule has 0 aliphatic heterocycles. The number of hydrogen-bond donors (Lipinski definition) is 1. The van der Waals surface area contributed by atoms with Crippen LogP contribution in [0.3, 0.4) is 0 Å². The van der Waals surface area contributed by atoms with E-state index in [1.165, 1.54) is 42.5 Å². The van der Waals surface area contributed by atoms with Gasteiger partial charge in [-0.05, 0) is 55.8 Å². The molecule has 0 aromatic heterocycles. The predicted molar refractivity (Wildman–Crippen MR) is 172 cm³/mol. The fraction of sp³-hybridized carbons (Fsp3) is 0.235. The average Bonchev–Trinajstić information content (AvgIpc) is 3.02. The summed E-state index contributed by atoms with van der Waals surface area (Å²) in [5, 5.41) is 2.10. The van der Waals surface area contributed by atoms with Gasteiger partial charge in [-0.1, -0.05) is 78.3 Å². The highest BCUT2D eigenvalue weighted by Gasteiger charge is 2.38. The molecule has 0 aliphatic carbocycles. The van der Waals surface area contributed by atoms with Gasteiger partial charge in [0.2, 0.25) is 11.8 Å². The molecule has 0 fully saturated rings. The summed E-state index contributed by atoms with van der Waals surface area (Å²) in [4.78, 5) is 28.8. The molecule has 0 radical (unpaired) electrons. The van der Waals surface area contributed by atoms with Crippen molar-refractivity contribution in [2.24, 2.45) is 0 Å². The summed E-state index contributed by atoms with van der Waals surface area (Å²) < 4.78 is 85.1. The van der Waals surface area contributed by atoms with Crippen LogP contribution in [-0.4, -0.2) is 43.8 Å². The van der Waals surface area contributed by atoms with Gasteiger partial charge in [-0.25, -0.2) is 12.8 Å². The minimum absolute atomic E-state index is 0.0236. The largest absolute Gasteiger partial charge is 0.417 e. The Labute approximate surface area is 275 Å². The molecule has 4 aromatic rings. The highest BCUT2D eigenvalue weighted by molar-refractivity contribution is 7.92. The number of halogens is 5. The number of carbonyl (C=O) groups excluding carboxylic acids is 2. The van der Waals surface area contributed by atoms with Gasteiger partial charge in [0, 0.05) is 24.6 Å². The van der Waals surface area contributed by atoms with Gasteiger partial charge in [-0.15, -0.1) is 0 Å². The van der Waals surface area contributed by atoms with Gasteiger partial charge >= 0.3 is 6.18 Å². The van der Waals surface area contributed by atoms with E-state index in [4.69, 9.17) is 11.6 Å². The SMILES string of the molecule is CC(C)NC(=O)[C@@H](Cc1ccccc1)N(Cc1ccccc1F)C(=O)CN(c1ccc(Cl)c(C(F)(F)F)c1)S(=O)(=O)c1ccccc1. The Morgan fingerprint density at radius 2 is 1.47 bits per heavy atom. The number of amides is 2. The Kier molecular flexibility index (Phi) is 11.3. The zero-order valence-electron chi connectivity index (χ0n) is 25.4. The molecule has 4 rings (SSSR count). The Balaban J connectivity index is 1.87. The lowest BCUT2D eigenvalue weighted by Gasteiger charge is -2.34. The molecule has 4 aromatic carbocycles. The number of carbonyl (C=O) groups is 2. The number of rotatable bonds is 12. The summed E-state index contributed by atoms with van der Waals surface area (Å²) in [6.07, 6.45) is -4.96. The normalized spacial score (nSPS) is 12.4. The Hall–Kier alpha value is -4.42. The zero-order chi connectivity index (χ0) is 34.4. The molecule has 0 unspecified atom stereocenters. The Bertz CT molecular complexity index is 1810. The highest BCUT2D eigenvalue weighted by Crippen LogP contribution is 2.38. The maximum absolute atomic E-state index is 15.0. The van der Waals surface area contributed by atoms with Crippen LogP contribution in [0.1, 0.15) is 30.5 Å². The minimum Gasteiger partial charge on any atom is -0.352 e. The van der Waals surface area contributed by atoms with E-state index >= 15 is 0 Å². The van der Waals surface area contributed by atoms with Crippen molar-refractivity contribution in [2.45, 2.75) is 50.0 Å². The minimum atomic E-state index is -4.94. The van der Waals surface area contributed by atoms with Gasteiger partial charge in [0.1, 0.15) is 18.4 Å². The van der Waals surface area contributed by atoms with Crippen molar-refractivity contribution in [3.05, 3.63) is 131 Å². The number of nitrogens with one attached hydrogen (secondary N) is 1. The maximum atomic E-state index is 15.0. The molecule has 1 N–H and O–H groups in total. The first-order chi connectivity index (χ1) is 22.2. The first kappa shape index (κ1) is 35.4. The second-order valence-electron chi connectivity index (χ2n) is 11.0. The van der Waals surface area contributed by atoms with E-state index in [9.17, 15) is 35.6 Å². The number of anilines is 1. The molecule has 0 spiro atoms. The third-order valence-corrected chi connectivity index (χ3v) is 9.27. The zero-order valence-corrected chi connectivity index (χ0v) is 27.0. The van der Waals surface area contributed by atoms with Crippen molar-refractivity contribution in [3.63, 3.8) is 0 Å². The van der Waals surface area contributed by atoms with Crippen molar-refractivity contribution in [1.82, 2.24) is 10.2 Å². The summed E-state index contributed by atoms with van der Waals surface area (Å²) in [6.45, 7) is 1.97. The topological polar surface area (TPSA) is 86.8 Å². The standard InChI is InChI=1S/C34H32ClF4N3O4S/c1-23(2)40-33(44)31(19-24-11-5-3-6-12-24)41(21-25-13-9-10-16-30(25)36)32(43)22-42(47(45,46)27-14-7-4-8-15-27)26-17-18-29(35)28(20-26)34(37,38)39/h3-18,20,23,31H,19,21-22H2,1-2H3,(H,40,44)/t31-/m1/s1. The lowest BCUT2D eigenvalue weighted by Crippen LogP contribution is -2.54. The number of alkyl halides is 3. The van der Waals surface area contributed by atoms with Crippen molar-refractivity contribution >= 4 is 39.1 Å². The Morgan fingerprint density at radius 1 is 0.872 bits per heavy atom. The fourth-order valence-electron chi connectivity index (χ4n) is 4.88. The van der Waals surface area contributed by atoms with Crippen molar-refractivity contribution in [3.8, 4) is 0 Å². The molecule has 0 bridgehead atoms. The summed E-state index contributed by atoms with van der Waals surface area (Å²) in [5.41, 5.74) is -1.10. The number of hydrogen-bond acceptors (Lipinski definition) is 4. The molecule has 2 amide bonds. The third-order valence-electron chi connectivity index (χ3n) is 7.15. The van der Waals surface area contributed by atoms with E-state index in [-0.39, 0.29) is 22.9 Å². The van der Waals surface area contributed by atoms with Gasteiger partial charge in [0.05, 0.1) is 21.2 Å². The van der Waals surface area contributed by atoms with Crippen molar-refractivity contribution < 1.29 is 35.6 Å². The van der Waals surface area contributed by atoms with Gasteiger partial charge in [-0.2, -0.15) is 13.2 Å². The fourth-order valence-corrected chi connectivity index (χ4v) is 6.53. The van der Waals surface area contributed by atoms with Crippen LogP contribution in [0, 0.1) is 5.82 Å². The molecule has 0 saturated carbocycles. The molecule has 248 valence electrons. The number of sulfonamides is 1. The average molecular weight is 690 g/mol. The van der Waals surface area contributed by atoms with Crippen LogP contribution in [0.4, 0.5) is 23.2 Å². The van der Waals surface area contributed by atoms with Gasteiger partial charge in [0.15, 0.2) is 0 Å². The Morgan fingerprint density at radius 3 is 2.06 bits per heavy atom. The summed E-state index contributed by atoms with van der Waals surface area (Å²) in [5.74, 6) is -2.22. The van der Waals surface area contributed by atoms with Crippen LogP contribution in [0.5, 0.6) is 0 Å². The second-order valence-corrected chi connectivity index (χ2v) is 13.2. The van der Waals surface area contributed by atoms with Gasteiger partial charge in [0.25, 0.3) is 10.0 Å². The number of benzene rings is 4. The molecule has 1 atom stereocenters. The monoisotopic (exact) mass is 689 g/mol. The van der Waals surface area contributed by atoms with E-state index in [2.05, 4.69) is 5.32 Å². The smallest absolute Gasteiger partial charge is 0.352 e. The quantitative estimate of drug-likeness (QED) is 0.165. The summed E-state index contributed by atoms with van der Waals surface area (Å²) >= 11 is 5.83. The molecule has 13 heteroatoms. The van der Waals surface area contributed by atoms with Crippen LogP contribution in [-0.2, 0) is 38.8 Å². The molecule has 0 aliphatic rings. The van der Waals surface area contributed by atoms with E-state index in [0.717, 1.165) is 17.0 Å². The molecular formula is C34H32ClF4N3O4S. The van der Waals surface area contributed by atoms with Crippen LogP contribution < -0.4 is 9.62 Å². The van der Waals surface area contributed by atoms with Crippen LogP contribution in [0.25, 0.3) is 0 Å². The lowest BCUT2D eigenvalue weighted by molar-refractivity contribution is -0.140. The molecule has 47 heavy (non-hydrogen) atoms. The lowest BCUT2D eigenvalue weighted by atomic mass is 10.0. The van der Waals surface area contributed by atoms with Gasteiger partial charge < -0.3 is 10.2 Å². The molecule has 0 heterocycles. The number of nitrogens with zero attached hydrogens (tertiary/aromatic N) is 2.